The summed E-state index contributed by atoms with van der Waals surface area (Å²) < 4.78 is 0. The molecule has 1 aromatic rings. The van der Waals surface area contributed by atoms with Crippen LogP contribution in [0.3, 0.4) is 0 Å². The predicted molar refractivity (Wildman–Crippen MR) is 70.6 cm³/mol. The minimum Gasteiger partial charge on any atom is -0.396 e. The number of thiophene rings is 1. The monoisotopic (exact) mass is 270 g/mol. The third kappa shape index (κ3) is 5.29. The fourth-order valence-electron chi connectivity index (χ4n) is 1.45. The van der Waals surface area contributed by atoms with Crippen molar-refractivity contribution < 1.29 is 14.7 Å². The molecular weight excluding hydrogens is 252 g/mol. The van der Waals surface area contributed by atoms with E-state index < -0.39 is 0 Å². The minimum absolute atomic E-state index is 0.00250. The van der Waals surface area contributed by atoms with Gasteiger partial charge in [0.15, 0.2) is 0 Å². The second kappa shape index (κ2) is 7.84. The molecule has 1 aromatic heterocycles. The van der Waals surface area contributed by atoms with Crippen LogP contribution in [0.25, 0.3) is 0 Å². The lowest BCUT2D eigenvalue weighted by Gasteiger charge is -2.13. The van der Waals surface area contributed by atoms with Crippen LogP contribution in [0.15, 0.2) is 16.8 Å². The van der Waals surface area contributed by atoms with E-state index in [1.807, 2.05) is 12.3 Å². The van der Waals surface area contributed by atoms with E-state index in [1.54, 1.807) is 11.4 Å². The number of aliphatic hydroxyl groups is 1. The van der Waals surface area contributed by atoms with Crippen LogP contribution in [0.5, 0.6) is 0 Å². The number of rotatable bonds is 7. The van der Waals surface area contributed by atoms with Crippen LogP contribution in [-0.4, -0.2) is 36.1 Å². The molecule has 0 spiro atoms. The molecule has 0 bridgehead atoms. The quantitative estimate of drug-likeness (QED) is 0.684. The number of carbonyl (C=O) groups is 2. The van der Waals surface area contributed by atoms with E-state index in [9.17, 15) is 9.59 Å². The lowest BCUT2D eigenvalue weighted by Crippen LogP contribution is -2.40. The molecule has 0 radical (unpaired) electrons. The summed E-state index contributed by atoms with van der Waals surface area (Å²) in [4.78, 5) is 23.1. The maximum Gasteiger partial charge on any atom is 0.252 e. The minimum atomic E-state index is -0.241. The fourth-order valence-corrected chi connectivity index (χ4v) is 2.09. The number of hydrogen-bond acceptors (Lipinski definition) is 4. The standard InChI is InChI=1S/C12H18N2O3S/c1-9(3-2-5-15)14-11(16)7-13-12(17)10-4-6-18-8-10/h4,6,8-9,15H,2-3,5,7H2,1H3,(H,13,17)(H,14,16). The molecule has 0 fully saturated rings. The van der Waals surface area contributed by atoms with Gasteiger partial charge in [0.25, 0.3) is 5.91 Å². The first kappa shape index (κ1) is 14.7. The summed E-state index contributed by atoms with van der Waals surface area (Å²) in [7, 11) is 0. The summed E-state index contributed by atoms with van der Waals surface area (Å²) in [5, 5.41) is 17.5. The van der Waals surface area contributed by atoms with Gasteiger partial charge in [-0.15, -0.1) is 0 Å². The highest BCUT2D eigenvalue weighted by atomic mass is 32.1. The van der Waals surface area contributed by atoms with Gasteiger partial charge in [-0.1, -0.05) is 0 Å². The van der Waals surface area contributed by atoms with Gasteiger partial charge in [0.2, 0.25) is 5.91 Å². The maximum atomic E-state index is 11.6. The molecule has 0 aliphatic carbocycles. The first-order valence-corrected chi connectivity index (χ1v) is 6.78. The van der Waals surface area contributed by atoms with Crippen LogP contribution in [0.4, 0.5) is 0 Å². The zero-order chi connectivity index (χ0) is 13.4. The maximum absolute atomic E-state index is 11.6. The highest BCUT2D eigenvalue weighted by molar-refractivity contribution is 7.08. The Morgan fingerprint density at radius 1 is 1.50 bits per heavy atom. The highest BCUT2D eigenvalue weighted by Gasteiger charge is 2.10. The van der Waals surface area contributed by atoms with Crippen LogP contribution in [0.2, 0.25) is 0 Å². The van der Waals surface area contributed by atoms with Crippen molar-refractivity contribution in [1.29, 1.82) is 0 Å². The molecule has 18 heavy (non-hydrogen) atoms. The fraction of sp³-hybridized carbons (Fsp3) is 0.500. The van der Waals surface area contributed by atoms with Crippen LogP contribution in [-0.2, 0) is 4.79 Å². The second-order valence-corrected chi connectivity index (χ2v) is 4.81. The molecule has 0 saturated carbocycles. The molecule has 0 saturated heterocycles. The molecule has 1 heterocycles. The van der Waals surface area contributed by atoms with Gasteiger partial charge in [-0.3, -0.25) is 9.59 Å². The normalized spacial score (nSPS) is 11.9. The van der Waals surface area contributed by atoms with E-state index in [2.05, 4.69) is 10.6 Å². The number of hydrogen-bond donors (Lipinski definition) is 3. The molecule has 6 heteroatoms. The third-order valence-electron chi connectivity index (χ3n) is 2.40. The van der Waals surface area contributed by atoms with Gasteiger partial charge in [0.1, 0.15) is 0 Å². The molecule has 0 aliphatic rings. The Labute approximate surface area is 110 Å². The van der Waals surface area contributed by atoms with Gasteiger partial charge in [-0.25, -0.2) is 0 Å². The van der Waals surface area contributed by atoms with Crippen LogP contribution < -0.4 is 10.6 Å². The first-order valence-electron chi connectivity index (χ1n) is 5.84. The zero-order valence-electron chi connectivity index (χ0n) is 10.3. The van der Waals surface area contributed by atoms with Crippen molar-refractivity contribution in [3.63, 3.8) is 0 Å². The van der Waals surface area contributed by atoms with E-state index in [-0.39, 0.29) is 31.0 Å². The van der Waals surface area contributed by atoms with Crippen molar-refractivity contribution in [1.82, 2.24) is 10.6 Å². The molecule has 100 valence electrons. The van der Waals surface area contributed by atoms with Crippen LogP contribution >= 0.6 is 11.3 Å². The molecule has 5 nitrogen and oxygen atoms in total. The molecule has 0 aliphatic heterocycles. The van der Waals surface area contributed by atoms with Gasteiger partial charge in [-0.05, 0) is 31.2 Å². The summed E-state index contributed by atoms with van der Waals surface area (Å²) in [6.45, 7) is 1.96. The molecule has 1 rings (SSSR count). The Kier molecular flexibility index (Phi) is 6.38. The Morgan fingerprint density at radius 3 is 2.89 bits per heavy atom. The Hall–Kier alpha value is -1.40. The zero-order valence-corrected chi connectivity index (χ0v) is 11.1. The van der Waals surface area contributed by atoms with Gasteiger partial charge < -0.3 is 15.7 Å². The van der Waals surface area contributed by atoms with Crippen molar-refractivity contribution in [2.75, 3.05) is 13.2 Å². The van der Waals surface area contributed by atoms with Gasteiger partial charge in [0.05, 0.1) is 6.54 Å². The smallest absolute Gasteiger partial charge is 0.252 e. The average molecular weight is 270 g/mol. The Morgan fingerprint density at radius 2 is 2.28 bits per heavy atom. The predicted octanol–water partition coefficient (Wildman–Crippen LogP) is 0.755. The molecule has 1 atom stereocenters. The number of carbonyl (C=O) groups excluding carboxylic acids is 2. The number of aliphatic hydroxyl groups excluding tert-OH is 1. The molecule has 0 aromatic carbocycles. The largest absolute Gasteiger partial charge is 0.396 e. The average Bonchev–Trinajstić information content (AvgIpc) is 2.87. The third-order valence-corrected chi connectivity index (χ3v) is 3.08. The lowest BCUT2D eigenvalue weighted by molar-refractivity contribution is -0.120. The van der Waals surface area contributed by atoms with Gasteiger partial charge >= 0.3 is 0 Å². The first-order chi connectivity index (χ1) is 8.63. The lowest BCUT2D eigenvalue weighted by atomic mass is 10.2. The Bertz CT molecular complexity index is 379. The van der Waals surface area contributed by atoms with Crippen molar-refractivity contribution in [3.8, 4) is 0 Å². The van der Waals surface area contributed by atoms with E-state index in [1.165, 1.54) is 11.3 Å². The molecular formula is C12H18N2O3S. The SMILES string of the molecule is CC(CCCO)NC(=O)CNC(=O)c1ccsc1. The molecule has 3 N–H and O–H groups in total. The topological polar surface area (TPSA) is 78.4 Å². The van der Waals surface area contributed by atoms with Gasteiger partial charge in [0, 0.05) is 23.6 Å². The number of nitrogens with one attached hydrogen (secondary N) is 2. The van der Waals surface area contributed by atoms with E-state index >= 15 is 0 Å². The number of amides is 2. The van der Waals surface area contributed by atoms with Gasteiger partial charge in [-0.2, -0.15) is 11.3 Å². The van der Waals surface area contributed by atoms with Crippen molar-refractivity contribution in [2.45, 2.75) is 25.8 Å². The summed E-state index contributed by atoms with van der Waals surface area (Å²) in [5.41, 5.74) is 0.570. The van der Waals surface area contributed by atoms with Crippen molar-refractivity contribution in [2.24, 2.45) is 0 Å². The van der Waals surface area contributed by atoms with E-state index in [0.717, 1.165) is 6.42 Å². The molecule has 2 amide bonds. The second-order valence-electron chi connectivity index (χ2n) is 4.03. The van der Waals surface area contributed by atoms with Crippen molar-refractivity contribution in [3.05, 3.63) is 22.4 Å². The summed E-state index contributed by atoms with van der Waals surface area (Å²) in [5.74, 6) is -0.460. The van der Waals surface area contributed by atoms with E-state index in [4.69, 9.17) is 5.11 Å². The van der Waals surface area contributed by atoms with E-state index in [0.29, 0.717) is 12.0 Å². The Balaban J connectivity index is 2.22. The van der Waals surface area contributed by atoms with Crippen LogP contribution in [0, 0.1) is 0 Å². The van der Waals surface area contributed by atoms with Crippen LogP contribution in [0.1, 0.15) is 30.1 Å². The summed E-state index contributed by atoms with van der Waals surface area (Å²) in [6, 6.07) is 1.71. The molecule has 1 unspecified atom stereocenters. The summed E-state index contributed by atoms with van der Waals surface area (Å²) >= 11 is 1.44. The van der Waals surface area contributed by atoms with Crippen molar-refractivity contribution >= 4 is 23.2 Å². The highest BCUT2D eigenvalue weighted by Crippen LogP contribution is 2.04. The summed E-state index contributed by atoms with van der Waals surface area (Å²) in [6.07, 6.45) is 1.38.